The van der Waals surface area contributed by atoms with Crippen molar-refractivity contribution in [2.45, 2.75) is 7.43 Å². The zero-order chi connectivity index (χ0) is 36.7. The molecule has 8 aromatic rings. The van der Waals surface area contributed by atoms with Crippen LogP contribution >= 0.6 is 123 Å². The molecule has 57 heavy (non-hydrogen) atoms. The third-order valence-corrected chi connectivity index (χ3v) is 17.0. The number of fused-ring (bicyclic) bond motifs is 3. The summed E-state index contributed by atoms with van der Waals surface area (Å²) in [6, 6.07) is 20.7. The molecule has 11 rings (SSSR count). The van der Waals surface area contributed by atoms with Crippen LogP contribution in [0.4, 0.5) is 0 Å². The van der Waals surface area contributed by atoms with Gasteiger partial charge in [0.05, 0.1) is 19.5 Å². The van der Waals surface area contributed by atoms with E-state index in [0.717, 1.165) is 42.1 Å². The van der Waals surface area contributed by atoms with E-state index in [1.54, 1.807) is 90.7 Å². The van der Waals surface area contributed by atoms with Gasteiger partial charge in [-0.2, -0.15) is 11.4 Å². The fourth-order valence-corrected chi connectivity index (χ4v) is 14.3. The molecule has 3 aliphatic heterocycles. The van der Waals surface area contributed by atoms with Gasteiger partial charge >= 0.3 is 23.1 Å². The SMILES string of the molecule is Brc1sc(Br)c2c1OCCO2.C.[Br-].[Mg+2].[c-]1cccs1.c1csc(-c2sc(-c3cccs3)c3c2OCCO3)c1.c1csc(-c2sc(-c3cccs3)c3c2OCCO3)c1. The van der Waals surface area contributed by atoms with Crippen LogP contribution < -0.4 is 45.4 Å². The average Bonchev–Trinajstić information content (AvgIpc) is 4.05. The Bertz CT molecular complexity index is 2050. The molecule has 0 aromatic carbocycles. The molecule has 0 amide bonds. The van der Waals surface area contributed by atoms with Crippen molar-refractivity contribution < 1.29 is 45.4 Å². The third-order valence-electron chi connectivity index (χ3n) is 7.48. The van der Waals surface area contributed by atoms with Crippen LogP contribution in [0.15, 0.2) is 95.1 Å². The van der Waals surface area contributed by atoms with Crippen LogP contribution in [-0.2, 0) is 0 Å². The molecule has 0 saturated heterocycles. The Morgan fingerprint density at radius 1 is 0.439 bits per heavy atom. The molecular weight excluding hydrogens is 1080 g/mol. The van der Waals surface area contributed by atoms with Crippen molar-refractivity contribution >= 4 is 146 Å². The zero-order valence-corrected chi connectivity index (χ0v) is 41.7. The molecule has 3 aliphatic rings. The quantitative estimate of drug-likeness (QED) is 0.129. The summed E-state index contributed by atoms with van der Waals surface area (Å²) >= 11 is 20.4. The second kappa shape index (κ2) is 23.0. The number of hydrogen-bond acceptors (Lipinski definition) is 14. The molecule has 0 atom stereocenters. The summed E-state index contributed by atoms with van der Waals surface area (Å²) in [5.74, 6) is 5.33. The van der Waals surface area contributed by atoms with Crippen molar-refractivity contribution in [1.82, 2.24) is 0 Å². The number of rotatable bonds is 4. The van der Waals surface area contributed by atoms with Crippen LogP contribution in [-0.4, -0.2) is 62.7 Å². The number of ether oxygens (including phenoxy) is 6. The first-order chi connectivity index (χ1) is 26.7. The summed E-state index contributed by atoms with van der Waals surface area (Å²) in [6.07, 6.45) is 0. The number of halogens is 3. The second-order valence-electron chi connectivity index (χ2n) is 10.9. The van der Waals surface area contributed by atoms with Crippen LogP contribution in [0.25, 0.3) is 39.0 Å². The van der Waals surface area contributed by atoms with Crippen LogP contribution in [0, 0.1) is 5.38 Å². The van der Waals surface area contributed by atoms with E-state index in [9.17, 15) is 0 Å². The topological polar surface area (TPSA) is 55.4 Å². The van der Waals surface area contributed by atoms with Gasteiger partial charge in [-0.3, -0.25) is 0 Å². The molecule has 18 heteroatoms. The van der Waals surface area contributed by atoms with E-state index >= 15 is 0 Å². The predicted octanol–water partition coefficient (Wildman–Crippen LogP) is 11.8. The van der Waals surface area contributed by atoms with Gasteiger partial charge in [-0.25, -0.2) is 6.07 Å². The van der Waals surface area contributed by atoms with Gasteiger partial charge in [0.2, 0.25) is 0 Å². The zero-order valence-electron chi connectivity index (χ0n) is 29.0. The van der Waals surface area contributed by atoms with Crippen LogP contribution in [0.2, 0.25) is 0 Å². The molecule has 0 N–H and O–H groups in total. The van der Waals surface area contributed by atoms with Crippen LogP contribution in [0.3, 0.4) is 0 Å². The number of thiophene rings is 8. The van der Waals surface area contributed by atoms with Crippen molar-refractivity contribution in [2.24, 2.45) is 0 Å². The third kappa shape index (κ3) is 11.1. The first-order valence-corrected chi connectivity index (χ1v) is 24.7. The minimum atomic E-state index is 0. The summed E-state index contributed by atoms with van der Waals surface area (Å²) in [5.41, 5.74) is 0. The van der Waals surface area contributed by atoms with E-state index in [1.807, 2.05) is 17.5 Å². The maximum Gasteiger partial charge on any atom is 2.00 e. The van der Waals surface area contributed by atoms with E-state index in [0.29, 0.717) is 39.6 Å². The summed E-state index contributed by atoms with van der Waals surface area (Å²) in [5, 5.41) is 13.3. The van der Waals surface area contributed by atoms with Gasteiger partial charge in [-0.1, -0.05) is 31.7 Å². The van der Waals surface area contributed by atoms with Crippen LogP contribution in [0.5, 0.6) is 34.5 Å². The summed E-state index contributed by atoms with van der Waals surface area (Å²) < 4.78 is 36.2. The minimum Gasteiger partial charge on any atom is -1.00 e. The van der Waals surface area contributed by atoms with Gasteiger partial charge in [0.15, 0.2) is 34.5 Å². The maximum atomic E-state index is 5.85. The van der Waals surface area contributed by atoms with Gasteiger partial charge in [0, 0.05) is 19.5 Å². The standard InChI is InChI=1S/2C14H10O2S3.C6H4Br2O2S.C4H3S.CH4.BrH.Mg/c2*1-3-9(17-7-1)13-11-12(16-6-5-15-11)14(19-13)10-4-2-8-18-10;7-5-3-4(6(8)11-5)10-2-1-9-3;1-2-4-5-3-1;;;/h2*1-4,7-8H,5-6H2;1-2H2;1-3H;1H4;1H;/q;;;-1;;;+2/p-1. The fourth-order valence-electron chi connectivity index (χ4n) is 5.26. The van der Waals surface area contributed by atoms with Gasteiger partial charge in [0.1, 0.15) is 47.2 Å². The predicted molar refractivity (Wildman–Crippen MR) is 250 cm³/mol. The smallest absolute Gasteiger partial charge is 1.00 e. The average molecular weight is 1120 g/mol. The van der Waals surface area contributed by atoms with Gasteiger partial charge in [-0.15, -0.1) is 84.7 Å². The monoisotopic (exact) mass is 1110 g/mol. The molecule has 8 aromatic heterocycles. The molecule has 0 fully saturated rings. The first kappa shape index (κ1) is 46.7. The van der Waals surface area contributed by atoms with Crippen LogP contribution in [0.1, 0.15) is 7.43 Å². The molecule has 0 bridgehead atoms. The van der Waals surface area contributed by atoms with Gasteiger partial charge in [-0.05, 0) is 77.6 Å². The maximum absolute atomic E-state index is 5.85. The van der Waals surface area contributed by atoms with E-state index in [-0.39, 0.29) is 47.5 Å². The Morgan fingerprint density at radius 3 is 0.982 bits per heavy atom. The van der Waals surface area contributed by atoms with E-state index in [2.05, 4.69) is 107 Å². The molecular formula is C39H31Br3MgO6S8. The normalized spacial score (nSPS) is 12.7. The van der Waals surface area contributed by atoms with Gasteiger partial charge in [0.25, 0.3) is 0 Å². The molecule has 0 radical (unpaired) electrons. The molecule has 294 valence electrons. The Kier molecular flexibility index (Phi) is 18.8. The Balaban J connectivity index is 0.000000154. The van der Waals surface area contributed by atoms with Crippen molar-refractivity contribution in [3.8, 4) is 73.5 Å². The second-order valence-corrected chi connectivity index (χ2v) is 21.1. The van der Waals surface area contributed by atoms with E-state index < -0.39 is 0 Å². The molecule has 0 saturated carbocycles. The molecule has 0 spiro atoms. The van der Waals surface area contributed by atoms with Crippen molar-refractivity contribution in [1.29, 1.82) is 0 Å². The molecule has 6 nitrogen and oxygen atoms in total. The molecule has 0 aliphatic carbocycles. The van der Waals surface area contributed by atoms with E-state index in [4.69, 9.17) is 28.4 Å². The first-order valence-electron chi connectivity index (χ1n) is 16.3. The molecule has 0 unspecified atom stereocenters. The summed E-state index contributed by atoms with van der Waals surface area (Å²) in [7, 11) is 0. The van der Waals surface area contributed by atoms with Crippen molar-refractivity contribution in [2.75, 3.05) is 39.6 Å². The fraction of sp³-hybridized carbons (Fsp3) is 0.179. The van der Waals surface area contributed by atoms with E-state index in [1.165, 1.54) is 39.0 Å². The minimum absolute atomic E-state index is 0. The largest absolute Gasteiger partial charge is 2.00 e. The Labute approximate surface area is 407 Å². The number of hydrogen-bond donors (Lipinski definition) is 0. The Hall–Kier alpha value is -1.39. The van der Waals surface area contributed by atoms with Crippen molar-refractivity contribution in [3.05, 3.63) is 101 Å². The summed E-state index contributed by atoms with van der Waals surface area (Å²) in [4.78, 5) is 9.73. The van der Waals surface area contributed by atoms with Crippen molar-refractivity contribution in [3.63, 3.8) is 0 Å². The molecule has 11 heterocycles. The van der Waals surface area contributed by atoms with Gasteiger partial charge < -0.3 is 56.7 Å². The summed E-state index contributed by atoms with van der Waals surface area (Å²) in [6.45, 7) is 3.79. The Morgan fingerprint density at radius 2 is 0.754 bits per heavy atom.